The Morgan fingerprint density at radius 1 is 0.844 bits per heavy atom. The molecule has 0 fully saturated rings. The molecule has 174 valence electrons. The van der Waals surface area contributed by atoms with Crippen molar-refractivity contribution in [1.82, 2.24) is 19.1 Å². The molecular weight excluding hydrogens is 402 g/mol. The van der Waals surface area contributed by atoms with Crippen molar-refractivity contribution in [3.8, 4) is 11.5 Å². The van der Waals surface area contributed by atoms with Gasteiger partial charge in [0.15, 0.2) is 11.5 Å². The van der Waals surface area contributed by atoms with E-state index in [-0.39, 0.29) is 5.56 Å². The molecule has 0 unspecified atom stereocenters. The predicted octanol–water partition coefficient (Wildman–Crippen LogP) is 3.74. The first-order valence-electron chi connectivity index (χ1n) is 12.1. The Kier molecular flexibility index (Phi) is 7.49. The highest BCUT2D eigenvalue weighted by Crippen LogP contribution is 2.24. The lowest BCUT2D eigenvalue weighted by molar-refractivity contribution is -0.923. The van der Waals surface area contributed by atoms with E-state index in [0.29, 0.717) is 24.6 Å². The van der Waals surface area contributed by atoms with Gasteiger partial charge >= 0.3 is 5.69 Å². The number of aryl methyl sites for hydroxylation is 3. The summed E-state index contributed by atoms with van der Waals surface area (Å²) in [5.74, 6) is 0.404. The summed E-state index contributed by atoms with van der Waals surface area (Å²) in [7, 11) is 0. The van der Waals surface area contributed by atoms with Crippen LogP contribution in [0.2, 0.25) is 0 Å². The maximum Gasteiger partial charge on any atom is 0.352 e. The lowest BCUT2D eigenvalue weighted by atomic mass is 10.1. The van der Waals surface area contributed by atoms with Crippen LogP contribution < -0.4 is 11.2 Å². The van der Waals surface area contributed by atoms with Crippen molar-refractivity contribution >= 4 is 11.0 Å². The molecule has 0 radical (unpaired) electrons. The minimum atomic E-state index is -0.472. The molecule has 0 aliphatic carbocycles. The minimum Gasteiger partial charge on any atom is -0.324 e. The molecule has 3 rings (SSSR count). The number of nitrogens with zero attached hydrogens (tertiary/aromatic N) is 5. The molecule has 1 aromatic rings. The summed E-state index contributed by atoms with van der Waals surface area (Å²) >= 11 is 0. The molecule has 0 N–H and O–H groups in total. The van der Waals surface area contributed by atoms with Gasteiger partial charge in [-0.25, -0.2) is 9.78 Å². The van der Waals surface area contributed by atoms with Gasteiger partial charge in [0.2, 0.25) is 0 Å². The maximum absolute atomic E-state index is 13.4. The summed E-state index contributed by atoms with van der Waals surface area (Å²) in [5.41, 5.74) is 3.48. The highest BCUT2D eigenvalue weighted by Gasteiger charge is 2.23. The molecule has 0 atom stereocenters. The van der Waals surface area contributed by atoms with Gasteiger partial charge in [0.25, 0.3) is 5.56 Å². The third-order valence-corrected chi connectivity index (χ3v) is 7.22. The number of benzene rings is 1. The van der Waals surface area contributed by atoms with Crippen LogP contribution in [-0.4, -0.2) is 49.8 Å². The number of hydrogen-bond donors (Lipinski definition) is 0. The Labute approximate surface area is 190 Å². The average Bonchev–Trinajstić information content (AvgIpc) is 2.78. The zero-order valence-electron chi connectivity index (χ0n) is 20.6. The van der Waals surface area contributed by atoms with Gasteiger partial charge in [0, 0.05) is 19.5 Å². The van der Waals surface area contributed by atoms with Gasteiger partial charge in [0.1, 0.15) is 0 Å². The second kappa shape index (κ2) is 9.94. The monoisotopic (exact) mass is 440 g/mol. The summed E-state index contributed by atoms with van der Waals surface area (Å²) in [5, 5.41) is 0. The second-order valence-corrected chi connectivity index (χ2v) is 8.93. The second-order valence-electron chi connectivity index (χ2n) is 8.93. The van der Waals surface area contributed by atoms with Crippen LogP contribution in [0.3, 0.4) is 0 Å². The van der Waals surface area contributed by atoms with Crippen LogP contribution in [0.4, 0.5) is 0 Å². The highest BCUT2D eigenvalue weighted by molar-refractivity contribution is 5.81. The van der Waals surface area contributed by atoms with Crippen molar-refractivity contribution in [2.24, 2.45) is 0 Å². The third-order valence-electron chi connectivity index (χ3n) is 7.22. The van der Waals surface area contributed by atoms with Crippen LogP contribution in [0.5, 0.6) is 0 Å². The predicted molar refractivity (Wildman–Crippen MR) is 130 cm³/mol. The fraction of sp³-hybridized carbons (Fsp3) is 0.600. The van der Waals surface area contributed by atoms with Crippen LogP contribution in [0.1, 0.15) is 58.1 Å². The molecular formula is C25H38N5O2+. The highest BCUT2D eigenvalue weighted by atomic mass is 16.2. The maximum atomic E-state index is 13.4. The fourth-order valence-corrected chi connectivity index (χ4v) is 4.58. The Morgan fingerprint density at radius 2 is 1.47 bits per heavy atom. The Morgan fingerprint density at radius 3 is 2.09 bits per heavy atom. The molecule has 0 saturated carbocycles. The van der Waals surface area contributed by atoms with Gasteiger partial charge in [0.05, 0.1) is 37.2 Å². The van der Waals surface area contributed by atoms with Crippen molar-refractivity contribution in [2.45, 2.75) is 73.9 Å². The largest absolute Gasteiger partial charge is 0.352 e. The number of rotatable bonds is 10. The van der Waals surface area contributed by atoms with E-state index in [9.17, 15) is 9.59 Å². The molecule has 7 heteroatoms. The van der Waals surface area contributed by atoms with E-state index in [1.165, 1.54) is 4.57 Å². The first-order valence-corrected chi connectivity index (χ1v) is 12.1. The van der Waals surface area contributed by atoms with E-state index in [1.807, 2.05) is 17.6 Å². The third kappa shape index (κ3) is 4.49. The summed E-state index contributed by atoms with van der Waals surface area (Å²) in [6.45, 7) is 18.0. The smallest absolute Gasteiger partial charge is 0.324 e. The molecule has 0 saturated heterocycles. The Bertz CT molecular complexity index is 1170. The van der Waals surface area contributed by atoms with Gasteiger partial charge in [-0.15, -0.1) is 0 Å². The molecule has 7 nitrogen and oxygen atoms in total. The quantitative estimate of drug-likeness (QED) is 0.356. The summed E-state index contributed by atoms with van der Waals surface area (Å²) in [6.07, 6.45) is 2.71. The minimum absolute atomic E-state index is 0.290. The first kappa shape index (κ1) is 24.1. The normalized spacial score (nSPS) is 12.2. The van der Waals surface area contributed by atoms with Crippen molar-refractivity contribution in [3.05, 3.63) is 44.1 Å². The van der Waals surface area contributed by atoms with Crippen LogP contribution >= 0.6 is 0 Å². The van der Waals surface area contributed by atoms with E-state index in [4.69, 9.17) is 4.98 Å². The molecule has 2 aliphatic rings. The van der Waals surface area contributed by atoms with Crippen molar-refractivity contribution in [2.75, 3.05) is 26.2 Å². The number of hydrogen-bond acceptors (Lipinski definition) is 4. The van der Waals surface area contributed by atoms with Crippen LogP contribution in [0, 0.1) is 13.8 Å². The topological polar surface area (TPSA) is 69.8 Å². The van der Waals surface area contributed by atoms with Gasteiger partial charge in [-0.1, -0.05) is 13.3 Å². The molecule has 1 aromatic carbocycles. The van der Waals surface area contributed by atoms with Crippen molar-refractivity contribution in [3.63, 3.8) is 0 Å². The zero-order chi connectivity index (χ0) is 23.5. The zero-order valence-corrected chi connectivity index (χ0v) is 20.6. The van der Waals surface area contributed by atoms with Gasteiger partial charge in [-0.2, -0.15) is 4.98 Å². The molecule has 32 heavy (non-hydrogen) atoms. The molecule has 0 spiro atoms. The van der Waals surface area contributed by atoms with E-state index in [2.05, 4.69) is 45.7 Å². The van der Waals surface area contributed by atoms with E-state index < -0.39 is 5.69 Å². The van der Waals surface area contributed by atoms with Gasteiger partial charge in [-0.3, -0.25) is 9.36 Å². The van der Waals surface area contributed by atoms with E-state index >= 15 is 0 Å². The Balaban J connectivity index is 2.11. The fourth-order valence-electron chi connectivity index (χ4n) is 4.58. The standard InChI is InChI=1S/C25H38N5O2/c1-7-11-13-28-21-17-19(6)18(5)16-20(21)26-22-23(28)27-25(32)29(24(22)31)14-12-15-30(8-2,9-3)10-4/h16-17H,7-15H2,1-6H3/q+1. The molecule has 0 aromatic heterocycles. The number of aromatic nitrogens is 4. The lowest BCUT2D eigenvalue weighted by Gasteiger charge is -2.35. The number of fused-ring (bicyclic) bond motifs is 2. The SMILES string of the molecule is CCCCn1c2nc(=O)n(CCC[N+](CC)(CC)CC)c(=O)c-2nc2cc(C)c(C)cc21. The Hall–Kier alpha value is -2.54. The summed E-state index contributed by atoms with van der Waals surface area (Å²) in [6, 6.07) is 4.11. The van der Waals surface area contributed by atoms with Gasteiger partial charge < -0.3 is 9.05 Å². The molecule has 2 heterocycles. The van der Waals surface area contributed by atoms with Crippen LogP contribution in [0.25, 0.3) is 22.6 Å². The van der Waals surface area contributed by atoms with Crippen LogP contribution in [0.15, 0.2) is 21.7 Å². The number of unbranched alkanes of at least 4 members (excludes halogenated alkanes) is 1. The molecule has 2 aliphatic heterocycles. The number of quaternary nitrogens is 1. The summed E-state index contributed by atoms with van der Waals surface area (Å²) in [4.78, 5) is 35.3. The summed E-state index contributed by atoms with van der Waals surface area (Å²) < 4.78 is 4.28. The van der Waals surface area contributed by atoms with E-state index in [0.717, 1.165) is 72.1 Å². The molecule has 0 bridgehead atoms. The van der Waals surface area contributed by atoms with E-state index in [1.54, 1.807) is 0 Å². The first-order chi connectivity index (χ1) is 15.3. The van der Waals surface area contributed by atoms with Crippen molar-refractivity contribution < 1.29 is 4.48 Å². The van der Waals surface area contributed by atoms with Crippen LogP contribution in [-0.2, 0) is 13.1 Å². The average molecular weight is 441 g/mol. The van der Waals surface area contributed by atoms with Crippen molar-refractivity contribution in [1.29, 1.82) is 0 Å². The van der Waals surface area contributed by atoms with Gasteiger partial charge in [-0.05, 0) is 64.3 Å². The lowest BCUT2D eigenvalue weighted by Crippen LogP contribution is -2.49. The molecule has 0 amide bonds.